The summed E-state index contributed by atoms with van der Waals surface area (Å²) >= 11 is 3.36. The largest absolute Gasteiger partial charge is 0.457 e. The molecule has 0 radical (unpaired) electrons. The zero-order chi connectivity index (χ0) is 31.7. The standard InChI is InChI=1S/C34H28BrF3N4O3/c1-20-10-6-8-14-27(20)44-24-16-23(17-25(18-24)45-28-15-9-7-11-21(28)2)39-33(43)31-30(35)32-40-26(22-12-4-3-5-13-22)19-29(34(36,37)38)42(32)41-31/h3-18,26,29,40H,19H2,1-2H3,(H,39,43). The average Bonchev–Trinajstić information content (AvgIpc) is 3.35. The summed E-state index contributed by atoms with van der Waals surface area (Å²) in [5.74, 6) is 1.37. The van der Waals surface area contributed by atoms with Crippen LogP contribution in [0.2, 0.25) is 0 Å². The lowest BCUT2D eigenvalue weighted by molar-refractivity contribution is -0.173. The molecule has 2 unspecified atom stereocenters. The molecule has 0 spiro atoms. The Morgan fingerprint density at radius 3 is 2.00 bits per heavy atom. The molecule has 0 saturated heterocycles. The van der Waals surface area contributed by atoms with Gasteiger partial charge in [-0.3, -0.25) is 4.79 Å². The number of para-hydroxylation sites is 2. The number of ether oxygens (including phenoxy) is 2. The summed E-state index contributed by atoms with van der Waals surface area (Å²) < 4.78 is 56.1. The molecule has 2 N–H and O–H groups in total. The fraction of sp³-hybridized carbons (Fsp3) is 0.176. The Morgan fingerprint density at radius 2 is 1.44 bits per heavy atom. The van der Waals surface area contributed by atoms with Crippen LogP contribution in [0.4, 0.5) is 24.7 Å². The molecule has 1 amide bonds. The maximum absolute atomic E-state index is 14.3. The van der Waals surface area contributed by atoms with Gasteiger partial charge in [0.1, 0.15) is 28.8 Å². The molecule has 0 aliphatic carbocycles. The van der Waals surface area contributed by atoms with E-state index in [4.69, 9.17) is 9.47 Å². The Labute approximate surface area is 266 Å². The first kappa shape index (κ1) is 30.3. The second-order valence-electron chi connectivity index (χ2n) is 10.7. The van der Waals surface area contributed by atoms with E-state index in [9.17, 15) is 18.0 Å². The number of carbonyl (C=O) groups excluding carboxylic acids is 1. The first-order valence-corrected chi connectivity index (χ1v) is 15.0. The number of amides is 1. The van der Waals surface area contributed by atoms with Gasteiger partial charge in [-0.15, -0.1) is 0 Å². The molecule has 0 saturated carbocycles. The van der Waals surface area contributed by atoms with Crippen LogP contribution in [0.1, 0.15) is 45.7 Å². The molecule has 45 heavy (non-hydrogen) atoms. The van der Waals surface area contributed by atoms with Gasteiger partial charge in [-0.05, 0) is 58.6 Å². The quantitative estimate of drug-likeness (QED) is 0.179. The molecule has 4 aromatic carbocycles. The maximum atomic E-state index is 14.3. The molecule has 1 aliphatic heterocycles. The zero-order valence-corrected chi connectivity index (χ0v) is 25.8. The Bertz CT molecular complexity index is 1790. The van der Waals surface area contributed by atoms with Crippen molar-refractivity contribution in [1.82, 2.24) is 9.78 Å². The third-order valence-corrected chi connectivity index (χ3v) is 8.24. The predicted molar refractivity (Wildman–Crippen MR) is 169 cm³/mol. The van der Waals surface area contributed by atoms with E-state index in [0.717, 1.165) is 15.8 Å². The van der Waals surface area contributed by atoms with Crippen molar-refractivity contribution >= 4 is 33.3 Å². The van der Waals surface area contributed by atoms with Crippen LogP contribution in [-0.4, -0.2) is 21.9 Å². The Kier molecular flexibility index (Phi) is 8.28. The number of alkyl halides is 3. The number of aryl methyl sites for hydroxylation is 2. The van der Waals surface area contributed by atoms with Crippen molar-refractivity contribution in [1.29, 1.82) is 0 Å². The third-order valence-electron chi connectivity index (χ3n) is 7.49. The molecule has 11 heteroatoms. The smallest absolute Gasteiger partial charge is 0.410 e. The lowest BCUT2D eigenvalue weighted by atomic mass is 9.97. The van der Waals surface area contributed by atoms with Gasteiger partial charge < -0.3 is 20.1 Å². The van der Waals surface area contributed by atoms with Crippen LogP contribution in [0.25, 0.3) is 0 Å². The minimum atomic E-state index is -4.59. The molecule has 230 valence electrons. The summed E-state index contributed by atoms with van der Waals surface area (Å²) in [5.41, 5.74) is 2.61. The molecular formula is C34H28BrF3N4O3. The summed E-state index contributed by atoms with van der Waals surface area (Å²) in [4.78, 5) is 13.6. The number of anilines is 2. The molecule has 0 fully saturated rings. The number of fused-ring (bicyclic) bond motifs is 1. The highest BCUT2D eigenvalue weighted by Gasteiger charge is 2.47. The van der Waals surface area contributed by atoms with Crippen LogP contribution in [0.5, 0.6) is 23.0 Å². The van der Waals surface area contributed by atoms with Crippen LogP contribution in [0, 0.1) is 13.8 Å². The molecule has 1 aromatic heterocycles. The number of aromatic nitrogens is 2. The van der Waals surface area contributed by atoms with E-state index in [-0.39, 0.29) is 22.4 Å². The van der Waals surface area contributed by atoms with E-state index in [0.29, 0.717) is 34.2 Å². The highest BCUT2D eigenvalue weighted by molar-refractivity contribution is 9.10. The van der Waals surface area contributed by atoms with E-state index in [2.05, 4.69) is 31.7 Å². The van der Waals surface area contributed by atoms with Crippen molar-refractivity contribution in [2.75, 3.05) is 10.6 Å². The first-order chi connectivity index (χ1) is 21.6. The number of nitrogens with zero attached hydrogens (tertiary/aromatic N) is 2. The molecule has 7 nitrogen and oxygen atoms in total. The van der Waals surface area contributed by atoms with Crippen molar-refractivity contribution in [3.63, 3.8) is 0 Å². The summed E-state index contributed by atoms with van der Waals surface area (Å²) in [7, 11) is 0. The lowest BCUT2D eigenvalue weighted by Crippen LogP contribution is -2.35. The van der Waals surface area contributed by atoms with Gasteiger partial charge in [-0.1, -0.05) is 66.7 Å². The van der Waals surface area contributed by atoms with E-state index in [1.807, 2.05) is 62.4 Å². The van der Waals surface area contributed by atoms with Gasteiger partial charge in [0.05, 0.1) is 10.5 Å². The minimum absolute atomic E-state index is 0.0720. The van der Waals surface area contributed by atoms with Gasteiger partial charge in [0, 0.05) is 30.3 Å². The van der Waals surface area contributed by atoms with Crippen molar-refractivity contribution in [2.24, 2.45) is 0 Å². The van der Waals surface area contributed by atoms with Crippen molar-refractivity contribution < 1.29 is 27.4 Å². The van der Waals surface area contributed by atoms with Gasteiger partial charge in [-0.2, -0.15) is 18.3 Å². The minimum Gasteiger partial charge on any atom is -0.457 e. The van der Waals surface area contributed by atoms with Crippen molar-refractivity contribution in [3.8, 4) is 23.0 Å². The second-order valence-corrected chi connectivity index (χ2v) is 11.5. The topological polar surface area (TPSA) is 77.4 Å². The van der Waals surface area contributed by atoms with E-state index in [1.165, 1.54) is 0 Å². The molecule has 6 rings (SSSR count). The highest BCUT2D eigenvalue weighted by Crippen LogP contribution is 2.46. The number of nitrogens with one attached hydrogen (secondary N) is 2. The molecule has 2 heterocycles. The van der Waals surface area contributed by atoms with E-state index >= 15 is 0 Å². The normalized spacial score (nSPS) is 16.0. The predicted octanol–water partition coefficient (Wildman–Crippen LogP) is 9.76. The lowest BCUT2D eigenvalue weighted by Gasteiger charge is -2.33. The highest BCUT2D eigenvalue weighted by atomic mass is 79.9. The third kappa shape index (κ3) is 6.53. The molecule has 1 aliphatic rings. The Balaban J connectivity index is 1.33. The van der Waals surface area contributed by atoms with Gasteiger partial charge in [0.2, 0.25) is 0 Å². The Hall–Kier alpha value is -4.77. The van der Waals surface area contributed by atoms with E-state index in [1.54, 1.807) is 48.5 Å². The average molecular weight is 678 g/mol. The fourth-order valence-electron chi connectivity index (χ4n) is 5.19. The van der Waals surface area contributed by atoms with Gasteiger partial charge in [0.15, 0.2) is 11.7 Å². The number of hydrogen-bond donors (Lipinski definition) is 2. The fourth-order valence-corrected chi connectivity index (χ4v) is 5.74. The molecule has 5 aromatic rings. The number of rotatable bonds is 7. The van der Waals surface area contributed by atoms with Gasteiger partial charge in [0.25, 0.3) is 5.91 Å². The van der Waals surface area contributed by atoms with Crippen LogP contribution >= 0.6 is 15.9 Å². The molecular weight excluding hydrogens is 649 g/mol. The van der Waals surface area contributed by atoms with Gasteiger partial charge >= 0.3 is 6.18 Å². The summed E-state index contributed by atoms with van der Waals surface area (Å²) in [6, 6.07) is 26.2. The number of benzene rings is 4. The molecule has 0 bridgehead atoms. The van der Waals surface area contributed by atoms with Gasteiger partial charge in [-0.25, -0.2) is 4.68 Å². The van der Waals surface area contributed by atoms with E-state index < -0.39 is 24.2 Å². The van der Waals surface area contributed by atoms with Crippen molar-refractivity contribution in [3.05, 3.63) is 124 Å². The van der Waals surface area contributed by atoms with Crippen LogP contribution < -0.4 is 20.1 Å². The Morgan fingerprint density at radius 1 is 0.889 bits per heavy atom. The second kappa shape index (κ2) is 12.3. The first-order valence-electron chi connectivity index (χ1n) is 14.2. The van der Waals surface area contributed by atoms with Crippen LogP contribution in [0.3, 0.4) is 0 Å². The number of carbonyl (C=O) groups is 1. The maximum Gasteiger partial charge on any atom is 0.410 e. The van der Waals surface area contributed by atoms with Crippen LogP contribution in [-0.2, 0) is 0 Å². The molecule has 2 atom stereocenters. The zero-order valence-electron chi connectivity index (χ0n) is 24.2. The van der Waals surface area contributed by atoms with Crippen LogP contribution in [0.15, 0.2) is 102 Å². The number of hydrogen-bond acceptors (Lipinski definition) is 5. The monoisotopic (exact) mass is 676 g/mol. The summed E-state index contributed by atoms with van der Waals surface area (Å²) in [6.07, 6.45) is -4.88. The number of halogens is 4. The SMILES string of the molecule is Cc1ccccc1Oc1cc(NC(=O)c2nn3c(c2Br)NC(c2ccccc2)CC3C(F)(F)F)cc(Oc2ccccc2C)c1. The summed E-state index contributed by atoms with van der Waals surface area (Å²) in [5, 5.41) is 10.1. The van der Waals surface area contributed by atoms with Crippen molar-refractivity contribution in [2.45, 2.75) is 38.5 Å². The summed E-state index contributed by atoms with van der Waals surface area (Å²) in [6.45, 7) is 3.82.